The fraction of sp³-hybridized carbons (Fsp3) is 0.0714. The van der Waals surface area contributed by atoms with Crippen molar-refractivity contribution in [3.05, 3.63) is 53.2 Å². The minimum atomic E-state index is 0.473. The van der Waals surface area contributed by atoms with Crippen LogP contribution in [-0.4, -0.2) is 9.38 Å². The first-order chi connectivity index (χ1) is 8.68. The molecule has 0 radical (unpaired) electrons. The van der Waals surface area contributed by atoms with Gasteiger partial charge in [-0.15, -0.1) is 0 Å². The highest BCUT2D eigenvalue weighted by Crippen LogP contribution is 2.29. The standard InChI is InChI=1S/C14H12ClN3/c1-9-5-2-3-6-10(9)14-17-13(15)11-7-4-8-12(16)18(11)14/h2-8H,16H2,1H3. The van der Waals surface area contributed by atoms with Gasteiger partial charge in [-0.05, 0) is 24.6 Å². The van der Waals surface area contributed by atoms with Gasteiger partial charge in [-0.2, -0.15) is 0 Å². The van der Waals surface area contributed by atoms with E-state index in [4.69, 9.17) is 17.3 Å². The molecule has 0 atom stereocenters. The van der Waals surface area contributed by atoms with Crippen molar-refractivity contribution >= 4 is 22.9 Å². The van der Waals surface area contributed by atoms with Crippen LogP contribution in [0.4, 0.5) is 5.82 Å². The zero-order chi connectivity index (χ0) is 12.7. The van der Waals surface area contributed by atoms with Gasteiger partial charge in [0, 0.05) is 5.56 Å². The van der Waals surface area contributed by atoms with E-state index in [1.165, 1.54) is 0 Å². The Bertz CT molecular complexity index is 731. The van der Waals surface area contributed by atoms with Crippen molar-refractivity contribution in [3.63, 3.8) is 0 Å². The number of hydrogen-bond donors (Lipinski definition) is 1. The van der Waals surface area contributed by atoms with Crippen LogP contribution in [0.1, 0.15) is 5.56 Å². The van der Waals surface area contributed by atoms with Crippen molar-refractivity contribution in [1.82, 2.24) is 9.38 Å². The molecule has 0 unspecified atom stereocenters. The number of aryl methyl sites for hydroxylation is 1. The van der Waals surface area contributed by atoms with E-state index in [2.05, 4.69) is 4.98 Å². The smallest absolute Gasteiger partial charge is 0.155 e. The maximum atomic E-state index is 6.16. The van der Waals surface area contributed by atoms with Crippen LogP contribution in [-0.2, 0) is 0 Å². The average molecular weight is 258 g/mol. The van der Waals surface area contributed by atoms with Crippen LogP contribution in [0.25, 0.3) is 16.9 Å². The van der Waals surface area contributed by atoms with E-state index in [1.54, 1.807) is 0 Å². The second kappa shape index (κ2) is 4.03. The summed E-state index contributed by atoms with van der Waals surface area (Å²) in [5.41, 5.74) is 9.03. The van der Waals surface area contributed by atoms with Crippen molar-refractivity contribution in [3.8, 4) is 11.4 Å². The van der Waals surface area contributed by atoms with Crippen LogP contribution in [0, 0.1) is 6.92 Å². The molecule has 0 fully saturated rings. The summed E-state index contributed by atoms with van der Waals surface area (Å²) in [7, 11) is 0. The summed E-state index contributed by atoms with van der Waals surface area (Å²) >= 11 is 6.16. The van der Waals surface area contributed by atoms with E-state index < -0.39 is 0 Å². The third-order valence-corrected chi connectivity index (χ3v) is 3.31. The minimum absolute atomic E-state index is 0.473. The molecule has 0 aliphatic rings. The average Bonchev–Trinajstić information content (AvgIpc) is 2.69. The van der Waals surface area contributed by atoms with Crippen LogP contribution in [0.5, 0.6) is 0 Å². The summed E-state index contributed by atoms with van der Waals surface area (Å²) in [5.74, 6) is 1.41. The van der Waals surface area contributed by atoms with Gasteiger partial charge >= 0.3 is 0 Å². The predicted molar refractivity (Wildman–Crippen MR) is 74.8 cm³/mol. The van der Waals surface area contributed by atoms with Crippen molar-refractivity contribution in [2.45, 2.75) is 6.92 Å². The molecule has 2 heterocycles. The molecule has 1 aromatic carbocycles. The molecule has 18 heavy (non-hydrogen) atoms. The highest BCUT2D eigenvalue weighted by atomic mass is 35.5. The van der Waals surface area contributed by atoms with Gasteiger partial charge in [0.1, 0.15) is 11.6 Å². The predicted octanol–water partition coefficient (Wildman–Crippen LogP) is 3.55. The second-order valence-electron chi connectivity index (χ2n) is 4.21. The first-order valence-corrected chi connectivity index (χ1v) is 6.05. The number of aromatic nitrogens is 2. The van der Waals surface area contributed by atoms with Crippen molar-refractivity contribution in [2.24, 2.45) is 0 Å². The monoisotopic (exact) mass is 257 g/mol. The lowest BCUT2D eigenvalue weighted by Gasteiger charge is -2.06. The number of hydrogen-bond acceptors (Lipinski definition) is 2. The van der Waals surface area contributed by atoms with Gasteiger partial charge < -0.3 is 5.73 Å². The van der Waals surface area contributed by atoms with E-state index in [-0.39, 0.29) is 0 Å². The quantitative estimate of drug-likeness (QED) is 0.725. The highest BCUT2D eigenvalue weighted by molar-refractivity contribution is 6.33. The Labute approximate surface area is 110 Å². The molecule has 0 amide bonds. The molecule has 0 spiro atoms. The van der Waals surface area contributed by atoms with Gasteiger partial charge in [0.25, 0.3) is 0 Å². The Kier molecular flexibility index (Phi) is 2.49. The molecule has 0 aliphatic heterocycles. The molecule has 3 nitrogen and oxygen atoms in total. The number of nitrogens with two attached hydrogens (primary N) is 1. The van der Waals surface area contributed by atoms with Crippen LogP contribution in [0.15, 0.2) is 42.5 Å². The number of pyridine rings is 1. The molecule has 0 saturated heterocycles. The number of benzene rings is 1. The normalized spacial score (nSPS) is 11.0. The van der Waals surface area contributed by atoms with Gasteiger partial charge in [-0.3, -0.25) is 4.40 Å². The number of anilines is 1. The lowest BCUT2D eigenvalue weighted by Crippen LogP contribution is -1.98. The van der Waals surface area contributed by atoms with E-state index in [0.29, 0.717) is 11.0 Å². The number of fused-ring (bicyclic) bond motifs is 1. The first kappa shape index (κ1) is 11.1. The Morgan fingerprint density at radius 1 is 1.11 bits per heavy atom. The largest absolute Gasteiger partial charge is 0.385 e. The number of halogens is 1. The molecule has 0 saturated carbocycles. The molecule has 90 valence electrons. The first-order valence-electron chi connectivity index (χ1n) is 5.67. The molecule has 2 N–H and O–H groups in total. The van der Waals surface area contributed by atoms with E-state index >= 15 is 0 Å². The topological polar surface area (TPSA) is 43.3 Å². The third kappa shape index (κ3) is 1.56. The minimum Gasteiger partial charge on any atom is -0.385 e. The number of nitrogen functional groups attached to an aromatic ring is 1. The lowest BCUT2D eigenvalue weighted by molar-refractivity contribution is 1.17. The Balaban J connectivity index is 2.41. The molecule has 0 bridgehead atoms. The van der Waals surface area contributed by atoms with Gasteiger partial charge in [-0.25, -0.2) is 4.98 Å². The van der Waals surface area contributed by atoms with E-state index in [1.807, 2.05) is 53.8 Å². The fourth-order valence-corrected chi connectivity index (χ4v) is 2.36. The number of rotatable bonds is 1. The molecular formula is C14H12ClN3. The zero-order valence-corrected chi connectivity index (χ0v) is 10.6. The Hall–Kier alpha value is -2.00. The fourth-order valence-electron chi connectivity index (χ4n) is 2.13. The Morgan fingerprint density at radius 3 is 2.67 bits per heavy atom. The van der Waals surface area contributed by atoms with E-state index in [0.717, 1.165) is 22.5 Å². The van der Waals surface area contributed by atoms with Crippen LogP contribution >= 0.6 is 11.6 Å². The molecule has 4 heteroatoms. The van der Waals surface area contributed by atoms with Gasteiger partial charge in [0.15, 0.2) is 5.15 Å². The van der Waals surface area contributed by atoms with Crippen LogP contribution in [0.2, 0.25) is 5.15 Å². The molecular weight excluding hydrogens is 246 g/mol. The summed E-state index contributed by atoms with van der Waals surface area (Å²) in [6.45, 7) is 2.05. The van der Waals surface area contributed by atoms with Crippen molar-refractivity contribution in [1.29, 1.82) is 0 Å². The third-order valence-electron chi connectivity index (χ3n) is 3.03. The van der Waals surface area contributed by atoms with Crippen molar-refractivity contribution in [2.75, 3.05) is 5.73 Å². The second-order valence-corrected chi connectivity index (χ2v) is 4.57. The Morgan fingerprint density at radius 2 is 1.89 bits per heavy atom. The van der Waals surface area contributed by atoms with Gasteiger partial charge in [0.05, 0.1) is 5.52 Å². The van der Waals surface area contributed by atoms with Gasteiger partial charge in [-0.1, -0.05) is 41.9 Å². The van der Waals surface area contributed by atoms with Crippen LogP contribution < -0.4 is 5.73 Å². The van der Waals surface area contributed by atoms with E-state index in [9.17, 15) is 0 Å². The zero-order valence-electron chi connectivity index (χ0n) is 9.89. The number of nitrogens with zero attached hydrogens (tertiary/aromatic N) is 2. The summed E-state index contributed by atoms with van der Waals surface area (Å²) in [4.78, 5) is 4.43. The molecule has 0 aliphatic carbocycles. The van der Waals surface area contributed by atoms with Crippen molar-refractivity contribution < 1.29 is 0 Å². The maximum absolute atomic E-state index is 6.16. The SMILES string of the molecule is Cc1ccccc1-c1nc(Cl)c2cccc(N)n12. The molecule has 3 rings (SSSR count). The summed E-state index contributed by atoms with van der Waals surface area (Å²) in [5, 5.41) is 0.473. The summed E-state index contributed by atoms with van der Waals surface area (Å²) < 4.78 is 1.88. The maximum Gasteiger partial charge on any atom is 0.155 e. The molecule has 3 aromatic rings. The number of imidazole rings is 1. The van der Waals surface area contributed by atoms with Crippen LogP contribution in [0.3, 0.4) is 0 Å². The summed E-state index contributed by atoms with van der Waals surface area (Å²) in [6.07, 6.45) is 0. The van der Waals surface area contributed by atoms with Gasteiger partial charge in [0.2, 0.25) is 0 Å². The molecule has 2 aromatic heterocycles. The lowest BCUT2D eigenvalue weighted by atomic mass is 10.1. The highest BCUT2D eigenvalue weighted by Gasteiger charge is 2.14. The summed E-state index contributed by atoms with van der Waals surface area (Å²) in [6, 6.07) is 13.7.